The van der Waals surface area contributed by atoms with E-state index in [1.165, 1.54) is 10.5 Å². The van der Waals surface area contributed by atoms with Gasteiger partial charge >= 0.3 is 0 Å². The quantitative estimate of drug-likeness (QED) is 0.822. The molecule has 1 unspecified atom stereocenters. The minimum atomic E-state index is -0.355. The Labute approximate surface area is 124 Å². The summed E-state index contributed by atoms with van der Waals surface area (Å²) in [5, 5.41) is 10.2. The maximum atomic E-state index is 10.2. The summed E-state index contributed by atoms with van der Waals surface area (Å²) in [6.45, 7) is 2.09. The first-order valence-corrected chi connectivity index (χ1v) is 7.67. The molecule has 0 heterocycles. The largest absolute Gasteiger partial charge is 0.497 e. The predicted octanol–water partition coefficient (Wildman–Crippen LogP) is 3.70. The Bertz CT molecular complexity index is 554. The zero-order valence-electron chi connectivity index (χ0n) is 11.9. The SMILES string of the molecule is COc1cccc(CC(O)CSc2ccccc2C)c1. The Morgan fingerprint density at radius 3 is 2.70 bits per heavy atom. The van der Waals surface area contributed by atoms with E-state index in [1.807, 2.05) is 36.4 Å². The molecule has 20 heavy (non-hydrogen) atoms. The van der Waals surface area contributed by atoms with E-state index in [0.717, 1.165) is 11.3 Å². The molecule has 0 aliphatic rings. The lowest BCUT2D eigenvalue weighted by Crippen LogP contribution is -2.13. The van der Waals surface area contributed by atoms with Gasteiger partial charge in [0.2, 0.25) is 0 Å². The van der Waals surface area contributed by atoms with Gasteiger partial charge in [-0.1, -0.05) is 30.3 Å². The maximum absolute atomic E-state index is 10.2. The molecule has 2 aromatic carbocycles. The standard InChI is InChI=1S/C17H20O2S/c1-13-6-3-4-9-17(13)20-12-15(18)10-14-7-5-8-16(11-14)19-2/h3-9,11,15,18H,10,12H2,1-2H3. The number of thioether (sulfide) groups is 1. The molecule has 0 amide bonds. The molecular weight excluding hydrogens is 268 g/mol. The minimum absolute atomic E-state index is 0.355. The maximum Gasteiger partial charge on any atom is 0.119 e. The van der Waals surface area contributed by atoms with Gasteiger partial charge in [0.1, 0.15) is 5.75 Å². The van der Waals surface area contributed by atoms with Crippen molar-refractivity contribution in [3.8, 4) is 5.75 Å². The molecule has 1 atom stereocenters. The van der Waals surface area contributed by atoms with Crippen molar-refractivity contribution < 1.29 is 9.84 Å². The van der Waals surface area contributed by atoms with Crippen molar-refractivity contribution >= 4 is 11.8 Å². The van der Waals surface area contributed by atoms with Crippen LogP contribution in [-0.4, -0.2) is 24.1 Å². The summed E-state index contributed by atoms with van der Waals surface area (Å²) in [6, 6.07) is 16.1. The average Bonchev–Trinajstić information content (AvgIpc) is 2.46. The van der Waals surface area contributed by atoms with Crippen molar-refractivity contribution in [2.24, 2.45) is 0 Å². The van der Waals surface area contributed by atoms with Crippen LogP contribution < -0.4 is 4.74 Å². The first-order chi connectivity index (χ1) is 9.69. The van der Waals surface area contributed by atoms with Crippen molar-refractivity contribution in [2.75, 3.05) is 12.9 Å². The molecule has 3 heteroatoms. The highest BCUT2D eigenvalue weighted by Crippen LogP contribution is 2.23. The zero-order valence-corrected chi connectivity index (χ0v) is 12.7. The van der Waals surface area contributed by atoms with E-state index in [4.69, 9.17) is 4.74 Å². The third kappa shape index (κ3) is 4.29. The second-order valence-corrected chi connectivity index (χ2v) is 5.85. The van der Waals surface area contributed by atoms with Crippen molar-refractivity contribution in [3.63, 3.8) is 0 Å². The van der Waals surface area contributed by atoms with Gasteiger partial charge in [-0.15, -0.1) is 11.8 Å². The van der Waals surface area contributed by atoms with Crippen LogP contribution in [0.3, 0.4) is 0 Å². The fourth-order valence-electron chi connectivity index (χ4n) is 2.03. The molecule has 0 fully saturated rings. The van der Waals surface area contributed by atoms with E-state index in [-0.39, 0.29) is 6.10 Å². The van der Waals surface area contributed by atoms with E-state index >= 15 is 0 Å². The lowest BCUT2D eigenvalue weighted by Gasteiger charge is -2.12. The first-order valence-electron chi connectivity index (χ1n) is 6.68. The van der Waals surface area contributed by atoms with Crippen LogP contribution in [0.5, 0.6) is 5.75 Å². The van der Waals surface area contributed by atoms with Gasteiger partial charge in [-0.25, -0.2) is 0 Å². The average molecular weight is 288 g/mol. The Morgan fingerprint density at radius 2 is 1.95 bits per heavy atom. The van der Waals surface area contributed by atoms with Gasteiger partial charge in [-0.3, -0.25) is 0 Å². The first kappa shape index (κ1) is 14.9. The van der Waals surface area contributed by atoms with Crippen LogP contribution >= 0.6 is 11.8 Å². The smallest absolute Gasteiger partial charge is 0.119 e. The monoisotopic (exact) mass is 288 g/mol. The molecule has 2 aromatic rings. The number of aliphatic hydroxyl groups excluding tert-OH is 1. The van der Waals surface area contributed by atoms with Gasteiger partial charge in [0, 0.05) is 10.6 Å². The van der Waals surface area contributed by atoms with Crippen LogP contribution in [0.1, 0.15) is 11.1 Å². The fraction of sp³-hybridized carbons (Fsp3) is 0.294. The van der Waals surface area contributed by atoms with Crippen LogP contribution in [0.25, 0.3) is 0 Å². The van der Waals surface area contributed by atoms with Gasteiger partial charge in [0.15, 0.2) is 0 Å². The molecule has 0 radical (unpaired) electrons. The summed E-state index contributed by atoms with van der Waals surface area (Å²) >= 11 is 1.70. The zero-order chi connectivity index (χ0) is 14.4. The van der Waals surface area contributed by atoms with Crippen LogP contribution in [-0.2, 0) is 6.42 Å². The molecule has 0 spiro atoms. The summed E-state index contributed by atoms with van der Waals surface area (Å²) < 4.78 is 5.19. The summed E-state index contributed by atoms with van der Waals surface area (Å²) in [6.07, 6.45) is 0.294. The van der Waals surface area contributed by atoms with Crippen molar-refractivity contribution in [3.05, 3.63) is 59.7 Å². The van der Waals surface area contributed by atoms with E-state index < -0.39 is 0 Å². The Kier molecular flexibility index (Phi) is 5.50. The second-order valence-electron chi connectivity index (χ2n) is 4.79. The topological polar surface area (TPSA) is 29.5 Å². The van der Waals surface area contributed by atoms with Gasteiger partial charge in [0.25, 0.3) is 0 Å². The van der Waals surface area contributed by atoms with Crippen molar-refractivity contribution in [1.82, 2.24) is 0 Å². The Morgan fingerprint density at radius 1 is 1.15 bits per heavy atom. The second kappa shape index (κ2) is 7.36. The summed E-state index contributed by atoms with van der Waals surface area (Å²) in [7, 11) is 1.66. The van der Waals surface area contributed by atoms with Crippen LogP contribution in [0.15, 0.2) is 53.4 Å². The van der Waals surface area contributed by atoms with Gasteiger partial charge in [0.05, 0.1) is 13.2 Å². The molecule has 0 aliphatic heterocycles. The number of hydrogen-bond donors (Lipinski definition) is 1. The lowest BCUT2D eigenvalue weighted by atomic mass is 10.1. The number of aryl methyl sites for hydroxylation is 1. The number of ether oxygens (including phenoxy) is 1. The number of rotatable bonds is 6. The van der Waals surface area contributed by atoms with E-state index in [9.17, 15) is 5.11 Å². The van der Waals surface area contributed by atoms with E-state index in [0.29, 0.717) is 12.2 Å². The number of aliphatic hydroxyl groups is 1. The highest BCUT2D eigenvalue weighted by atomic mass is 32.2. The fourth-order valence-corrected chi connectivity index (χ4v) is 3.00. The third-order valence-electron chi connectivity index (χ3n) is 3.13. The summed E-state index contributed by atoms with van der Waals surface area (Å²) in [5.41, 5.74) is 2.35. The molecule has 0 aromatic heterocycles. The third-order valence-corrected chi connectivity index (χ3v) is 4.45. The molecule has 2 rings (SSSR count). The lowest BCUT2D eigenvalue weighted by molar-refractivity contribution is 0.200. The molecule has 0 saturated heterocycles. The normalized spacial score (nSPS) is 12.2. The van der Waals surface area contributed by atoms with E-state index in [1.54, 1.807) is 18.9 Å². The number of methoxy groups -OCH3 is 1. The molecular formula is C17H20O2S. The molecule has 0 aliphatic carbocycles. The molecule has 106 valence electrons. The highest BCUT2D eigenvalue weighted by molar-refractivity contribution is 7.99. The van der Waals surface area contributed by atoms with Crippen LogP contribution in [0.2, 0.25) is 0 Å². The highest BCUT2D eigenvalue weighted by Gasteiger charge is 2.08. The van der Waals surface area contributed by atoms with Gasteiger partial charge in [-0.2, -0.15) is 0 Å². The number of hydrogen-bond acceptors (Lipinski definition) is 3. The van der Waals surface area contributed by atoms with E-state index in [2.05, 4.69) is 19.1 Å². The van der Waals surface area contributed by atoms with Crippen molar-refractivity contribution in [2.45, 2.75) is 24.3 Å². The predicted molar refractivity (Wildman–Crippen MR) is 84.6 cm³/mol. The summed E-state index contributed by atoms with van der Waals surface area (Å²) in [5.74, 6) is 1.53. The molecule has 0 saturated carbocycles. The summed E-state index contributed by atoms with van der Waals surface area (Å²) in [4.78, 5) is 1.23. The van der Waals surface area contributed by atoms with Crippen LogP contribution in [0, 0.1) is 6.92 Å². The van der Waals surface area contributed by atoms with Crippen molar-refractivity contribution in [1.29, 1.82) is 0 Å². The van der Waals surface area contributed by atoms with Gasteiger partial charge in [-0.05, 0) is 42.7 Å². The molecule has 2 nitrogen and oxygen atoms in total. The van der Waals surface area contributed by atoms with Crippen LogP contribution in [0.4, 0.5) is 0 Å². The molecule has 1 N–H and O–H groups in total. The Hall–Kier alpha value is -1.45. The van der Waals surface area contributed by atoms with Gasteiger partial charge < -0.3 is 9.84 Å². The Balaban J connectivity index is 1.89. The molecule has 0 bridgehead atoms. The minimum Gasteiger partial charge on any atom is -0.497 e. The number of benzene rings is 2.